The summed E-state index contributed by atoms with van der Waals surface area (Å²) in [6.07, 6.45) is 4.98. The number of hydrogen-bond donors (Lipinski definition) is 1. The predicted molar refractivity (Wildman–Crippen MR) is 69.5 cm³/mol. The van der Waals surface area contributed by atoms with Crippen LogP contribution in [0.4, 0.5) is 0 Å². The summed E-state index contributed by atoms with van der Waals surface area (Å²) in [5, 5.41) is 3.44. The SMILES string of the molecule is CCC1(CN2C(=O)C(CC(C)C)NC2C)CC1. The van der Waals surface area contributed by atoms with Crippen molar-refractivity contribution in [3.63, 3.8) is 0 Å². The summed E-state index contributed by atoms with van der Waals surface area (Å²) in [5.74, 6) is 0.899. The van der Waals surface area contributed by atoms with Crippen molar-refractivity contribution in [3.8, 4) is 0 Å². The molecule has 1 heterocycles. The van der Waals surface area contributed by atoms with E-state index >= 15 is 0 Å². The van der Waals surface area contributed by atoms with Crippen LogP contribution in [0.15, 0.2) is 0 Å². The van der Waals surface area contributed by atoms with Crippen LogP contribution < -0.4 is 5.32 Å². The molecule has 2 aliphatic rings. The van der Waals surface area contributed by atoms with Crippen LogP contribution in [0.25, 0.3) is 0 Å². The van der Waals surface area contributed by atoms with E-state index in [1.165, 1.54) is 19.3 Å². The van der Waals surface area contributed by atoms with Gasteiger partial charge in [0.15, 0.2) is 0 Å². The number of amides is 1. The Bertz CT molecular complexity index is 297. The zero-order chi connectivity index (χ0) is 12.6. The maximum absolute atomic E-state index is 12.3. The molecule has 2 atom stereocenters. The Morgan fingerprint density at radius 2 is 2.12 bits per heavy atom. The molecular weight excluding hydrogens is 212 g/mol. The number of carbonyl (C=O) groups is 1. The van der Waals surface area contributed by atoms with Gasteiger partial charge >= 0.3 is 0 Å². The first-order valence-corrected chi connectivity index (χ1v) is 7.04. The molecule has 1 saturated carbocycles. The van der Waals surface area contributed by atoms with Crippen molar-refractivity contribution in [2.24, 2.45) is 11.3 Å². The molecule has 2 rings (SSSR count). The lowest BCUT2D eigenvalue weighted by Gasteiger charge is -2.26. The van der Waals surface area contributed by atoms with Gasteiger partial charge in [-0.25, -0.2) is 0 Å². The van der Waals surface area contributed by atoms with E-state index in [-0.39, 0.29) is 12.2 Å². The molecule has 17 heavy (non-hydrogen) atoms. The quantitative estimate of drug-likeness (QED) is 0.797. The van der Waals surface area contributed by atoms with E-state index in [1.54, 1.807) is 0 Å². The number of nitrogens with zero attached hydrogens (tertiary/aromatic N) is 1. The van der Waals surface area contributed by atoms with Crippen LogP contribution in [0.5, 0.6) is 0 Å². The van der Waals surface area contributed by atoms with Gasteiger partial charge in [-0.05, 0) is 43.9 Å². The molecule has 2 unspecified atom stereocenters. The molecule has 0 aromatic heterocycles. The molecule has 1 aliphatic heterocycles. The highest BCUT2D eigenvalue weighted by molar-refractivity contribution is 5.84. The third kappa shape index (κ3) is 2.65. The van der Waals surface area contributed by atoms with E-state index < -0.39 is 0 Å². The van der Waals surface area contributed by atoms with Crippen molar-refractivity contribution in [2.75, 3.05) is 6.54 Å². The first kappa shape index (κ1) is 12.9. The Kier molecular flexibility index (Phi) is 3.48. The van der Waals surface area contributed by atoms with Gasteiger partial charge < -0.3 is 4.90 Å². The van der Waals surface area contributed by atoms with Crippen LogP contribution in [-0.2, 0) is 4.79 Å². The minimum Gasteiger partial charge on any atom is -0.326 e. The monoisotopic (exact) mass is 238 g/mol. The Hall–Kier alpha value is -0.570. The van der Waals surface area contributed by atoms with Crippen LogP contribution in [-0.4, -0.2) is 29.6 Å². The Balaban J connectivity index is 1.96. The first-order valence-electron chi connectivity index (χ1n) is 7.04. The second-order valence-electron chi connectivity index (χ2n) is 6.34. The molecule has 1 saturated heterocycles. The van der Waals surface area contributed by atoms with Gasteiger partial charge in [-0.3, -0.25) is 10.1 Å². The van der Waals surface area contributed by atoms with Gasteiger partial charge in [0.2, 0.25) is 5.91 Å². The van der Waals surface area contributed by atoms with Crippen LogP contribution >= 0.6 is 0 Å². The van der Waals surface area contributed by atoms with Gasteiger partial charge in [0.05, 0.1) is 12.2 Å². The summed E-state index contributed by atoms with van der Waals surface area (Å²) in [7, 11) is 0. The minimum absolute atomic E-state index is 0.0534. The van der Waals surface area contributed by atoms with Crippen LogP contribution in [0, 0.1) is 11.3 Å². The van der Waals surface area contributed by atoms with Gasteiger partial charge in [0, 0.05) is 6.54 Å². The van der Waals surface area contributed by atoms with E-state index in [0.29, 0.717) is 17.2 Å². The lowest BCUT2D eigenvalue weighted by Crippen LogP contribution is -2.39. The third-order valence-electron chi connectivity index (χ3n) is 4.41. The smallest absolute Gasteiger partial charge is 0.241 e. The van der Waals surface area contributed by atoms with Gasteiger partial charge in [0.25, 0.3) is 0 Å². The van der Waals surface area contributed by atoms with Crippen LogP contribution in [0.2, 0.25) is 0 Å². The summed E-state index contributed by atoms with van der Waals surface area (Å²) in [6, 6.07) is 0.0534. The van der Waals surface area contributed by atoms with Crippen molar-refractivity contribution in [2.45, 2.75) is 65.6 Å². The average molecular weight is 238 g/mol. The molecule has 3 nitrogen and oxygen atoms in total. The Morgan fingerprint density at radius 3 is 2.59 bits per heavy atom. The molecule has 0 aromatic rings. The fraction of sp³-hybridized carbons (Fsp3) is 0.929. The third-order valence-corrected chi connectivity index (χ3v) is 4.41. The zero-order valence-electron chi connectivity index (χ0n) is 11.6. The highest BCUT2D eigenvalue weighted by Gasteiger charge is 2.46. The van der Waals surface area contributed by atoms with Crippen molar-refractivity contribution in [1.82, 2.24) is 10.2 Å². The van der Waals surface area contributed by atoms with Crippen molar-refractivity contribution < 1.29 is 4.79 Å². The second kappa shape index (κ2) is 4.60. The lowest BCUT2D eigenvalue weighted by atomic mass is 10.0. The van der Waals surface area contributed by atoms with E-state index in [4.69, 9.17) is 0 Å². The number of hydrogen-bond acceptors (Lipinski definition) is 2. The second-order valence-corrected chi connectivity index (χ2v) is 6.34. The highest BCUT2D eigenvalue weighted by Crippen LogP contribution is 2.49. The average Bonchev–Trinajstić information content (AvgIpc) is 2.99. The minimum atomic E-state index is 0.0534. The molecular formula is C14H26N2O. The molecule has 2 fully saturated rings. The van der Waals surface area contributed by atoms with Crippen molar-refractivity contribution >= 4 is 5.91 Å². The number of rotatable bonds is 5. The Morgan fingerprint density at radius 1 is 1.47 bits per heavy atom. The number of nitrogens with one attached hydrogen (secondary N) is 1. The first-order chi connectivity index (χ1) is 7.97. The molecule has 0 radical (unpaired) electrons. The molecule has 0 aromatic carbocycles. The summed E-state index contributed by atoms with van der Waals surface area (Å²) >= 11 is 0. The van der Waals surface area contributed by atoms with Gasteiger partial charge in [-0.1, -0.05) is 20.8 Å². The largest absolute Gasteiger partial charge is 0.326 e. The molecule has 1 amide bonds. The van der Waals surface area contributed by atoms with Crippen LogP contribution in [0.3, 0.4) is 0 Å². The zero-order valence-corrected chi connectivity index (χ0v) is 11.6. The Labute approximate surface area is 105 Å². The topological polar surface area (TPSA) is 32.3 Å². The maximum atomic E-state index is 12.3. The standard InChI is InChI=1S/C14H26N2O/c1-5-14(6-7-14)9-16-11(4)15-12(13(16)17)8-10(2)3/h10-12,15H,5-9H2,1-4H3. The van der Waals surface area contributed by atoms with Gasteiger partial charge in [-0.2, -0.15) is 0 Å². The van der Waals surface area contributed by atoms with Gasteiger partial charge in [-0.15, -0.1) is 0 Å². The lowest BCUT2D eigenvalue weighted by molar-refractivity contribution is -0.131. The molecule has 1 aliphatic carbocycles. The molecule has 1 N–H and O–H groups in total. The summed E-state index contributed by atoms with van der Waals surface area (Å²) < 4.78 is 0. The maximum Gasteiger partial charge on any atom is 0.241 e. The molecule has 98 valence electrons. The highest BCUT2D eigenvalue weighted by atomic mass is 16.2. The van der Waals surface area contributed by atoms with E-state index in [2.05, 4.69) is 37.9 Å². The van der Waals surface area contributed by atoms with E-state index in [9.17, 15) is 4.79 Å². The fourth-order valence-corrected chi connectivity index (χ4v) is 2.86. The molecule has 0 bridgehead atoms. The van der Waals surface area contributed by atoms with E-state index in [1.807, 2.05) is 0 Å². The van der Waals surface area contributed by atoms with Crippen LogP contribution in [0.1, 0.15) is 53.4 Å². The summed E-state index contributed by atoms with van der Waals surface area (Å²) in [4.78, 5) is 14.4. The van der Waals surface area contributed by atoms with E-state index in [0.717, 1.165) is 13.0 Å². The van der Waals surface area contributed by atoms with Crippen molar-refractivity contribution in [1.29, 1.82) is 0 Å². The summed E-state index contributed by atoms with van der Waals surface area (Å²) in [6.45, 7) is 9.68. The van der Waals surface area contributed by atoms with Gasteiger partial charge in [0.1, 0.15) is 0 Å². The van der Waals surface area contributed by atoms with Crippen molar-refractivity contribution in [3.05, 3.63) is 0 Å². The normalized spacial score (nSPS) is 31.4. The number of carbonyl (C=O) groups excluding carboxylic acids is 1. The molecule has 3 heteroatoms. The fourth-order valence-electron chi connectivity index (χ4n) is 2.86. The molecule has 0 spiro atoms. The predicted octanol–water partition coefficient (Wildman–Crippen LogP) is 2.37. The summed E-state index contributed by atoms with van der Waals surface area (Å²) in [5.41, 5.74) is 0.457.